The Hall–Kier alpha value is -3.48. The first-order chi connectivity index (χ1) is 13.9. The Labute approximate surface area is 167 Å². The molecule has 2 aromatic carbocycles. The highest BCUT2D eigenvalue weighted by Gasteiger charge is 2.19. The maximum absolute atomic E-state index is 13.4. The van der Waals surface area contributed by atoms with Crippen molar-refractivity contribution < 1.29 is 8.81 Å². The Morgan fingerprint density at radius 1 is 1.14 bits per heavy atom. The van der Waals surface area contributed by atoms with Crippen LogP contribution in [-0.2, 0) is 0 Å². The van der Waals surface area contributed by atoms with Crippen LogP contribution in [0.4, 0.5) is 15.8 Å². The van der Waals surface area contributed by atoms with Crippen molar-refractivity contribution in [2.24, 2.45) is 10.5 Å². The first-order valence-electron chi connectivity index (χ1n) is 9.33. The van der Waals surface area contributed by atoms with Gasteiger partial charge < -0.3 is 9.73 Å². The summed E-state index contributed by atoms with van der Waals surface area (Å²) in [6.45, 7) is 7.15. The van der Waals surface area contributed by atoms with E-state index in [1.54, 1.807) is 30.7 Å². The van der Waals surface area contributed by atoms with Crippen LogP contribution in [0.3, 0.4) is 0 Å². The van der Waals surface area contributed by atoms with Gasteiger partial charge in [0.05, 0.1) is 11.4 Å². The maximum Gasteiger partial charge on any atom is 0.306 e. The minimum absolute atomic E-state index is 0.0724. The number of imidazole rings is 1. The highest BCUT2D eigenvalue weighted by atomic mass is 19.1. The van der Waals surface area contributed by atoms with E-state index in [2.05, 4.69) is 36.2 Å². The van der Waals surface area contributed by atoms with Crippen molar-refractivity contribution in [1.29, 1.82) is 5.53 Å². The Balaban J connectivity index is 1.86. The van der Waals surface area contributed by atoms with E-state index in [1.165, 1.54) is 12.1 Å². The summed E-state index contributed by atoms with van der Waals surface area (Å²) >= 11 is 0. The van der Waals surface area contributed by atoms with Gasteiger partial charge in [-0.3, -0.25) is 4.40 Å². The number of aromatic nitrogens is 2. The quantitative estimate of drug-likeness (QED) is 0.380. The van der Waals surface area contributed by atoms with E-state index < -0.39 is 0 Å². The molecule has 2 heterocycles. The van der Waals surface area contributed by atoms with Gasteiger partial charge in [-0.1, -0.05) is 26.8 Å². The second-order valence-corrected chi connectivity index (χ2v) is 8.13. The summed E-state index contributed by atoms with van der Waals surface area (Å²) in [5, 5.41) is 7.04. The maximum atomic E-state index is 13.4. The average molecular weight is 391 g/mol. The van der Waals surface area contributed by atoms with Crippen molar-refractivity contribution in [3.63, 3.8) is 0 Å². The smallest absolute Gasteiger partial charge is 0.306 e. The van der Waals surface area contributed by atoms with E-state index >= 15 is 0 Å². The molecule has 0 amide bonds. The summed E-state index contributed by atoms with van der Waals surface area (Å²) in [5.74, 6) is 0.158. The monoisotopic (exact) mass is 391 g/mol. The lowest BCUT2D eigenvalue weighted by atomic mass is 9.96. The van der Waals surface area contributed by atoms with Crippen molar-refractivity contribution >= 4 is 17.2 Å². The fourth-order valence-corrected chi connectivity index (χ4v) is 3.15. The lowest BCUT2D eigenvalue weighted by Crippen LogP contribution is -2.19. The van der Waals surface area contributed by atoms with Gasteiger partial charge in [-0.2, -0.15) is 10.1 Å². The van der Waals surface area contributed by atoms with Crippen molar-refractivity contribution in [2.75, 3.05) is 11.9 Å². The summed E-state index contributed by atoms with van der Waals surface area (Å²) in [6.07, 6.45) is 3.38. The van der Waals surface area contributed by atoms with Crippen molar-refractivity contribution in [3.05, 3.63) is 60.7 Å². The van der Waals surface area contributed by atoms with E-state index in [0.29, 0.717) is 17.2 Å². The van der Waals surface area contributed by atoms with Crippen LogP contribution in [0.15, 0.2) is 64.5 Å². The minimum Gasteiger partial charge on any atom is -0.432 e. The summed E-state index contributed by atoms with van der Waals surface area (Å²) in [4.78, 5) is 4.60. The second kappa shape index (κ2) is 7.16. The Bertz CT molecular complexity index is 1170. The molecule has 0 spiro atoms. The molecule has 4 aromatic rings. The van der Waals surface area contributed by atoms with Crippen LogP contribution in [0.2, 0.25) is 0 Å². The Kier molecular flexibility index (Phi) is 4.66. The van der Waals surface area contributed by atoms with Gasteiger partial charge in [-0.15, -0.1) is 0 Å². The summed E-state index contributed by atoms with van der Waals surface area (Å²) in [7, 11) is 0. The van der Waals surface area contributed by atoms with Gasteiger partial charge in [-0.25, -0.2) is 9.92 Å². The van der Waals surface area contributed by atoms with Crippen LogP contribution in [0.25, 0.3) is 28.4 Å². The van der Waals surface area contributed by atoms with Crippen molar-refractivity contribution in [1.82, 2.24) is 9.38 Å². The molecule has 0 bridgehead atoms. The molecule has 7 heteroatoms. The van der Waals surface area contributed by atoms with Crippen LogP contribution in [0, 0.1) is 16.8 Å². The summed E-state index contributed by atoms with van der Waals surface area (Å²) < 4.78 is 20.8. The molecular weight excluding hydrogens is 369 g/mol. The normalized spacial score (nSPS) is 11.7. The van der Waals surface area contributed by atoms with Crippen LogP contribution >= 0.6 is 0 Å². The summed E-state index contributed by atoms with van der Waals surface area (Å²) in [6, 6.07) is 11.9. The molecule has 0 saturated carbocycles. The minimum atomic E-state index is -0.298. The first-order valence-corrected chi connectivity index (χ1v) is 9.33. The van der Waals surface area contributed by atoms with Gasteiger partial charge in [0.25, 0.3) is 0 Å². The number of hydrogen-bond donors (Lipinski definition) is 2. The van der Waals surface area contributed by atoms with Gasteiger partial charge in [0, 0.05) is 23.9 Å². The van der Waals surface area contributed by atoms with E-state index in [1.807, 2.05) is 16.5 Å². The average Bonchev–Trinajstić information content (AvgIpc) is 3.27. The SMILES string of the molecule is CC(C)(C)CNc1cc(-c2c(-c3ccc(F)cc3)nc3occn23)ccc1N=N. The first kappa shape index (κ1) is 18.9. The van der Waals surface area contributed by atoms with E-state index in [-0.39, 0.29) is 11.2 Å². The predicted molar refractivity (Wildman–Crippen MR) is 111 cm³/mol. The van der Waals surface area contributed by atoms with Crippen LogP contribution in [-0.4, -0.2) is 15.9 Å². The molecule has 29 heavy (non-hydrogen) atoms. The van der Waals surface area contributed by atoms with E-state index in [9.17, 15) is 4.39 Å². The van der Waals surface area contributed by atoms with Gasteiger partial charge in [-0.05, 0) is 41.8 Å². The Morgan fingerprint density at radius 3 is 2.55 bits per heavy atom. The fraction of sp³-hybridized carbons (Fsp3) is 0.227. The lowest BCUT2D eigenvalue weighted by Gasteiger charge is -2.20. The van der Waals surface area contributed by atoms with Crippen LogP contribution < -0.4 is 5.32 Å². The number of benzene rings is 2. The molecule has 2 aromatic heterocycles. The zero-order valence-corrected chi connectivity index (χ0v) is 16.5. The molecule has 0 fully saturated rings. The third-order valence-electron chi connectivity index (χ3n) is 4.58. The van der Waals surface area contributed by atoms with Crippen LogP contribution in [0.1, 0.15) is 20.8 Å². The zero-order chi connectivity index (χ0) is 20.6. The highest BCUT2D eigenvalue weighted by molar-refractivity contribution is 5.84. The molecule has 2 N–H and O–H groups in total. The predicted octanol–water partition coefficient (Wildman–Crippen LogP) is 6.52. The standard InChI is InChI=1S/C22H22FN5O/c1-22(2,3)13-25-18-12-15(6-9-17(18)27-24)20-19(14-4-7-16(23)8-5-14)26-21-28(20)10-11-29-21/h4-12,24-25H,13H2,1-3H3. The second-order valence-electron chi connectivity index (χ2n) is 8.13. The third-order valence-corrected chi connectivity index (χ3v) is 4.58. The number of oxazole rings is 1. The van der Waals surface area contributed by atoms with Gasteiger partial charge in [0.2, 0.25) is 0 Å². The zero-order valence-electron chi connectivity index (χ0n) is 16.5. The number of anilines is 1. The molecular formula is C22H22FN5O. The number of rotatable bonds is 5. The molecule has 148 valence electrons. The van der Waals surface area contributed by atoms with Gasteiger partial charge >= 0.3 is 5.84 Å². The largest absolute Gasteiger partial charge is 0.432 e. The molecule has 0 unspecified atom stereocenters. The van der Waals surface area contributed by atoms with Crippen molar-refractivity contribution in [2.45, 2.75) is 20.8 Å². The molecule has 0 radical (unpaired) electrons. The summed E-state index contributed by atoms with van der Waals surface area (Å²) in [5.41, 5.74) is 12.1. The van der Waals surface area contributed by atoms with Crippen molar-refractivity contribution in [3.8, 4) is 22.5 Å². The molecule has 4 rings (SSSR count). The van der Waals surface area contributed by atoms with Crippen LogP contribution in [0.5, 0.6) is 0 Å². The number of nitrogens with one attached hydrogen (secondary N) is 2. The van der Waals surface area contributed by atoms with Gasteiger partial charge in [0.15, 0.2) is 0 Å². The number of nitrogens with zero attached hydrogens (tertiary/aromatic N) is 3. The number of halogens is 1. The topological polar surface area (TPSA) is 78.7 Å². The van der Waals surface area contributed by atoms with E-state index in [0.717, 1.165) is 29.1 Å². The Morgan fingerprint density at radius 2 is 1.86 bits per heavy atom. The number of hydrogen-bond acceptors (Lipinski definition) is 5. The lowest BCUT2D eigenvalue weighted by molar-refractivity contribution is 0.443. The van der Waals surface area contributed by atoms with Gasteiger partial charge in [0.1, 0.15) is 23.5 Å². The molecule has 0 aliphatic carbocycles. The highest BCUT2D eigenvalue weighted by Crippen LogP contribution is 2.37. The molecule has 0 saturated heterocycles. The fourth-order valence-electron chi connectivity index (χ4n) is 3.15. The third kappa shape index (κ3) is 3.76. The molecule has 0 aliphatic heterocycles. The molecule has 0 atom stereocenters. The molecule has 6 nitrogen and oxygen atoms in total. The van der Waals surface area contributed by atoms with E-state index in [4.69, 9.17) is 9.95 Å². The number of fused-ring (bicyclic) bond motifs is 1. The molecule has 0 aliphatic rings.